The van der Waals surface area contributed by atoms with E-state index >= 15 is 0 Å². The van der Waals surface area contributed by atoms with Gasteiger partial charge in [0.25, 0.3) is 0 Å². The van der Waals surface area contributed by atoms with Crippen molar-refractivity contribution in [1.82, 2.24) is 0 Å². The molecule has 0 saturated carbocycles. The van der Waals surface area contributed by atoms with Gasteiger partial charge in [0.1, 0.15) is 0 Å². The van der Waals surface area contributed by atoms with Gasteiger partial charge in [0.05, 0.1) is 16.9 Å². The zero-order chi connectivity index (χ0) is 32.1. The van der Waals surface area contributed by atoms with Crippen LogP contribution < -0.4 is 9.80 Å². The lowest BCUT2D eigenvalue weighted by Crippen LogP contribution is -2.12. The van der Waals surface area contributed by atoms with Crippen molar-refractivity contribution in [3.63, 3.8) is 0 Å². The van der Waals surface area contributed by atoms with Gasteiger partial charge in [-0.05, 0) is 101 Å². The molecular formula is C42H29F3N2. The Balaban J connectivity index is 1.38. The summed E-state index contributed by atoms with van der Waals surface area (Å²) in [5.41, 5.74) is 6.11. The number of hydrogen-bond donors (Lipinski definition) is 0. The Hall–Kier alpha value is -5.81. The molecule has 0 aliphatic heterocycles. The fourth-order valence-electron chi connectivity index (χ4n) is 6.66. The van der Waals surface area contributed by atoms with Crippen molar-refractivity contribution >= 4 is 66.4 Å². The number of benzene rings is 8. The third-order valence-corrected chi connectivity index (χ3v) is 8.87. The molecule has 0 aliphatic carbocycles. The van der Waals surface area contributed by atoms with Crippen molar-refractivity contribution in [3.8, 4) is 0 Å². The molecule has 0 bridgehead atoms. The summed E-state index contributed by atoms with van der Waals surface area (Å²) in [5, 5.41) is 6.61. The topological polar surface area (TPSA) is 6.48 Å². The fourth-order valence-corrected chi connectivity index (χ4v) is 6.66. The first-order valence-corrected chi connectivity index (χ1v) is 15.5. The number of hydrogen-bond acceptors (Lipinski definition) is 2. The van der Waals surface area contributed by atoms with Gasteiger partial charge in [-0.2, -0.15) is 13.2 Å². The molecule has 47 heavy (non-hydrogen) atoms. The van der Waals surface area contributed by atoms with E-state index in [1.165, 1.54) is 5.56 Å². The molecule has 2 nitrogen and oxygen atoms in total. The molecule has 5 heteroatoms. The van der Waals surface area contributed by atoms with Crippen LogP contribution in [0.4, 0.5) is 47.3 Å². The molecular weight excluding hydrogens is 589 g/mol. The second kappa shape index (κ2) is 11.2. The Labute approximate surface area is 270 Å². The Bertz CT molecular complexity index is 2330. The zero-order valence-electron chi connectivity index (χ0n) is 25.5. The number of aryl methyl sites for hydroxylation is 1. The maximum atomic E-state index is 13.5. The van der Waals surface area contributed by atoms with Crippen LogP contribution in [0.3, 0.4) is 0 Å². The Morgan fingerprint density at radius 3 is 1.21 bits per heavy atom. The minimum absolute atomic E-state index is 0.648. The van der Waals surface area contributed by atoms with E-state index in [9.17, 15) is 13.2 Å². The summed E-state index contributed by atoms with van der Waals surface area (Å²) < 4.78 is 40.5. The predicted molar refractivity (Wildman–Crippen MR) is 189 cm³/mol. The van der Waals surface area contributed by atoms with E-state index in [2.05, 4.69) is 109 Å². The monoisotopic (exact) mass is 618 g/mol. The third-order valence-electron chi connectivity index (χ3n) is 8.87. The van der Waals surface area contributed by atoms with E-state index in [4.69, 9.17) is 0 Å². The van der Waals surface area contributed by atoms with Gasteiger partial charge in [-0.15, -0.1) is 0 Å². The van der Waals surface area contributed by atoms with E-state index in [0.717, 1.165) is 72.9 Å². The molecule has 0 heterocycles. The number of rotatable bonds is 6. The quantitative estimate of drug-likeness (QED) is 0.171. The summed E-state index contributed by atoms with van der Waals surface area (Å²) in [5.74, 6) is 0. The van der Waals surface area contributed by atoms with Crippen molar-refractivity contribution in [2.45, 2.75) is 13.1 Å². The highest BCUT2D eigenvalue weighted by molar-refractivity contribution is 6.28. The summed E-state index contributed by atoms with van der Waals surface area (Å²) in [4.78, 5) is 4.33. The standard InChI is InChI=1S/C42H29F3N2/c1-28-12-20-34(21-13-28)46(32-8-4-2-5-9-32)38-26-16-29-15-25-37-39(27-17-30-14-24-36(38)40(29)41(30)37)47(33-10-6-3-7-11-33)35-22-18-31(19-23-35)42(43,44)45/h2-27H,1H3. The van der Waals surface area contributed by atoms with Gasteiger partial charge >= 0.3 is 6.18 Å². The molecule has 8 rings (SSSR count). The Morgan fingerprint density at radius 2 is 0.787 bits per heavy atom. The number of alkyl halides is 3. The first-order valence-electron chi connectivity index (χ1n) is 15.5. The van der Waals surface area contributed by atoms with Crippen LogP contribution in [0.5, 0.6) is 0 Å². The van der Waals surface area contributed by atoms with E-state index in [0.29, 0.717) is 5.69 Å². The van der Waals surface area contributed by atoms with E-state index in [-0.39, 0.29) is 0 Å². The van der Waals surface area contributed by atoms with Crippen LogP contribution in [0.25, 0.3) is 32.3 Å². The summed E-state index contributed by atoms with van der Waals surface area (Å²) >= 11 is 0. The zero-order valence-corrected chi connectivity index (χ0v) is 25.5. The number of para-hydroxylation sites is 2. The Kier molecular flexibility index (Phi) is 6.84. The molecule has 0 saturated heterocycles. The summed E-state index contributed by atoms with van der Waals surface area (Å²) in [6.07, 6.45) is -4.41. The number of anilines is 6. The SMILES string of the molecule is Cc1ccc(N(c2ccccc2)c2ccc3ccc4c(N(c5ccccc5)c5ccc(C(F)(F)F)cc5)ccc5ccc2c3c54)cc1. The van der Waals surface area contributed by atoms with Gasteiger partial charge in [-0.1, -0.05) is 90.5 Å². The van der Waals surface area contributed by atoms with E-state index in [1.807, 2.05) is 41.3 Å². The summed E-state index contributed by atoms with van der Waals surface area (Å²) in [7, 11) is 0. The van der Waals surface area contributed by atoms with E-state index in [1.54, 1.807) is 12.1 Å². The van der Waals surface area contributed by atoms with Gasteiger partial charge in [0, 0.05) is 33.5 Å². The first kappa shape index (κ1) is 28.6. The lowest BCUT2D eigenvalue weighted by atomic mass is 9.91. The largest absolute Gasteiger partial charge is 0.416 e. The van der Waals surface area contributed by atoms with Crippen LogP contribution in [-0.2, 0) is 6.18 Å². The molecule has 0 spiro atoms. The van der Waals surface area contributed by atoms with Crippen LogP contribution in [0, 0.1) is 6.92 Å². The predicted octanol–water partition coefficient (Wildman–Crippen LogP) is 12.9. The van der Waals surface area contributed by atoms with Crippen molar-refractivity contribution in [3.05, 3.63) is 169 Å². The molecule has 0 amide bonds. The fraction of sp³-hybridized carbons (Fsp3) is 0.0476. The van der Waals surface area contributed by atoms with Gasteiger partial charge < -0.3 is 9.80 Å². The molecule has 8 aromatic carbocycles. The molecule has 228 valence electrons. The first-order chi connectivity index (χ1) is 22.9. The second-order valence-electron chi connectivity index (χ2n) is 11.8. The minimum Gasteiger partial charge on any atom is -0.310 e. The molecule has 0 fully saturated rings. The molecule has 0 radical (unpaired) electrons. The van der Waals surface area contributed by atoms with Crippen molar-refractivity contribution in [2.24, 2.45) is 0 Å². The molecule has 0 atom stereocenters. The number of nitrogens with zero attached hydrogens (tertiary/aromatic N) is 2. The molecule has 0 aliphatic rings. The normalized spacial score (nSPS) is 11.8. The highest BCUT2D eigenvalue weighted by Gasteiger charge is 2.30. The lowest BCUT2D eigenvalue weighted by molar-refractivity contribution is -0.137. The molecule has 0 unspecified atom stereocenters. The number of halogens is 3. The maximum Gasteiger partial charge on any atom is 0.416 e. The average molecular weight is 619 g/mol. The van der Waals surface area contributed by atoms with Gasteiger partial charge in [-0.25, -0.2) is 0 Å². The van der Waals surface area contributed by atoms with Crippen molar-refractivity contribution in [1.29, 1.82) is 0 Å². The van der Waals surface area contributed by atoms with Crippen LogP contribution in [-0.4, -0.2) is 0 Å². The third kappa shape index (κ3) is 5.01. The van der Waals surface area contributed by atoms with E-state index < -0.39 is 11.7 Å². The highest BCUT2D eigenvalue weighted by Crippen LogP contribution is 2.47. The van der Waals surface area contributed by atoms with Gasteiger partial charge in [-0.3, -0.25) is 0 Å². The Morgan fingerprint density at radius 1 is 0.404 bits per heavy atom. The van der Waals surface area contributed by atoms with Crippen LogP contribution in [0.2, 0.25) is 0 Å². The highest BCUT2D eigenvalue weighted by atomic mass is 19.4. The van der Waals surface area contributed by atoms with Crippen LogP contribution in [0.1, 0.15) is 11.1 Å². The molecule has 0 N–H and O–H groups in total. The molecule has 8 aromatic rings. The minimum atomic E-state index is -4.41. The van der Waals surface area contributed by atoms with Crippen molar-refractivity contribution in [2.75, 3.05) is 9.80 Å². The van der Waals surface area contributed by atoms with Crippen LogP contribution in [0.15, 0.2) is 158 Å². The maximum absolute atomic E-state index is 13.5. The smallest absolute Gasteiger partial charge is 0.310 e. The lowest BCUT2D eigenvalue weighted by Gasteiger charge is -2.29. The summed E-state index contributed by atoms with van der Waals surface area (Å²) in [6, 6.07) is 51.3. The van der Waals surface area contributed by atoms with Crippen molar-refractivity contribution < 1.29 is 13.2 Å². The second-order valence-corrected chi connectivity index (χ2v) is 11.8. The van der Waals surface area contributed by atoms with Gasteiger partial charge in [0.15, 0.2) is 0 Å². The molecule has 0 aromatic heterocycles. The summed E-state index contributed by atoms with van der Waals surface area (Å²) in [6.45, 7) is 2.09. The van der Waals surface area contributed by atoms with Crippen LogP contribution >= 0.6 is 0 Å². The van der Waals surface area contributed by atoms with Gasteiger partial charge in [0.2, 0.25) is 0 Å². The average Bonchev–Trinajstić information content (AvgIpc) is 3.10.